The molecule has 0 aromatic heterocycles. The van der Waals surface area contributed by atoms with E-state index in [9.17, 15) is 18.0 Å². The standard InChI is InChI=1S/C31H39N3O6S/c1-7-23(3)32-31(36)24(4)33(20-25-14-12-22(2)13-15-25)30(35)21-34(28-10-8-9-11-29(28)40-6)41(37,38)27-18-16-26(39-5)17-19-27/h8-19,23-24H,7,20-21H2,1-6H3,(H,32,36)/t23-,24-/m0/s1. The molecule has 2 atom stereocenters. The van der Waals surface area contributed by atoms with Gasteiger partial charge in [0.2, 0.25) is 11.8 Å². The molecule has 0 aliphatic heterocycles. The van der Waals surface area contributed by atoms with Crippen LogP contribution in [0.15, 0.2) is 77.7 Å². The van der Waals surface area contributed by atoms with Gasteiger partial charge in [-0.15, -0.1) is 0 Å². The summed E-state index contributed by atoms with van der Waals surface area (Å²) in [5.74, 6) is -0.0821. The van der Waals surface area contributed by atoms with Crippen molar-refractivity contribution < 1.29 is 27.5 Å². The van der Waals surface area contributed by atoms with Crippen molar-refractivity contribution in [2.75, 3.05) is 25.1 Å². The number of hydrogen-bond acceptors (Lipinski definition) is 6. The number of sulfonamides is 1. The minimum atomic E-state index is -4.24. The smallest absolute Gasteiger partial charge is 0.264 e. The van der Waals surface area contributed by atoms with E-state index in [1.54, 1.807) is 43.3 Å². The number of ether oxygens (including phenoxy) is 2. The number of anilines is 1. The summed E-state index contributed by atoms with van der Waals surface area (Å²) in [5.41, 5.74) is 2.07. The monoisotopic (exact) mass is 581 g/mol. The van der Waals surface area contributed by atoms with Crippen LogP contribution in [0.2, 0.25) is 0 Å². The van der Waals surface area contributed by atoms with Gasteiger partial charge in [0.15, 0.2) is 0 Å². The number of hydrogen-bond donors (Lipinski definition) is 1. The number of rotatable bonds is 13. The van der Waals surface area contributed by atoms with Gasteiger partial charge in [-0.05, 0) is 69.2 Å². The maximum atomic E-state index is 14.1. The van der Waals surface area contributed by atoms with E-state index in [4.69, 9.17) is 9.47 Å². The van der Waals surface area contributed by atoms with Gasteiger partial charge in [-0.2, -0.15) is 0 Å². The topological polar surface area (TPSA) is 105 Å². The van der Waals surface area contributed by atoms with Gasteiger partial charge in [-0.3, -0.25) is 13.9 Å². The van der Waals surface area contributed by atoms with Crippen LogP contribution in [0.4, 0.5) is 5.69 Å². The van der Waals surface area contributed by atoms with Gasteiger partial charge in [-0.1, -0.05) is 48.9 Å². The Hall–Kier alpha value is -4.05. The molecule has 9 nitrogen and oxygen atoms in total. The summed E-state index contributed by atoms with van der Waals surface area (Å²) in [4.78, 5) is 28.6. The third-order valence-corrected chi connectivity index (χ3v) is 8.70. The van der Waals surface area contributed by atoms with Crippen LogP contribution in [-0.4, -0.2) is 58.0 Å². The average Bonchev–Trinajstić information content (AvgIpc) is 2.98. The maximum absolute atomic E-state index is 14.1. The summed E-state index contributed by atoms with van der Waals surface area (Å²) in [7, 11) is -1.31. The van der Waals surface area contributed by atoms with E-state index in [0.717, 1.165) is 21.9 Å². The molecule has 0 aliphatic rings. The molecular weight excluding hydrogens is 542 g/mol. The summed E-state index contributed by atoms with van der Waals surface area (Å²) >= 11 is 0. The first-order chi connectivity index (χ1) is 19.5. The Morgan fingerprint density at radius 2 is 1.54 bits per heavy atom. The summed E-state index contributed by atoms with van der Waals surface area (Å²) in [5, 5.41) is 2.93. The largest absolute Gasteiger partial charge is 0.497 e. The molecule has 3 aromatic rings. The maximum Gasteiger partial charge on any atom is 0.264 e. The van der Waals surface area contributed by atoms with Crippen LogP contribution in [0.25, 0.3) is 0 Å². The fraction of sp³-hybridized carbons (Fsp3) is 0.355. The number of aryl methyl sites for hydroxylation is 1. The lowest BCUT2D eigenvalue weighted by Crippen LogP contribution is -2.52. The van der Waals surface area contributed by atoms with Crippen LogP contribution in [0, 0.1) is 6.92 Å². The highest BCUT2D eigenvalue weighted by Crippen LogP contribution is 2.33. The molecule has 0 bridgehead atoms. The van der Waals surface area contributed by atoms with Crippen molar-refractivity contribution in [2.24, 2.45) is 0 Å². The molecule has 0 radical (unpaired) electrons. The molecule has 0 saturated carbocycles. The summed E-state index contributed by atoms with van der Waals surface area (Å²) in [6.07, 6.45) is 0.728. The molecule has 0 saturated heterocycles. The highest BCUT2D eigenvalue weighted by atomic mass is 32.2. The van der Waals surface area contributed by atoms with Gasteiger partial charge < -0.3 is 19.7 Å². The van der Waals surface area contributed by atoms with E-state index in [1.165, 1.54) is 31.3 Å². The zero-order valence-corrected chi connectivity index (χ0v) is 25.3. The number of amides is 2. The van der Waals surface area contributed by atoms with E-state index in [1.807, 2.05) is 45.0 Å². The van der Waals surface area contributed by atoms with Gasteiger partial charge >= 0.3 is 0 Å². The predicted octanol–water partition coefficient (Wildman–Crippen LogP) is 4.54. The molecule has 3 rings (SSSR count). The second kappa shape index (κ2) is 14.0. The Labute approximate surface area is 243 Å². The molecule has 41 heavy (non-hydrogen) atoms. The first-order valence-corrected chi connectivity index (χ1v) is 14.9. The summed E-state index contributed by atoms with van der Waals surface area (Å²) in [6, 6.07) is 19.2. The number of benzene rings is 3. The van der Waals surface area contributed by atoms with E-state index in [2.05, 4.69) is 5.32 Å². The zero-order valence-electron chi connectivity index (χ0n) is 24.5. The minimum absolute atomic E-state index is 0.0235. The zero-order chi connectivity index (χ0) is 30.2. The Bertz CT molecular complexity index is 1420. The number of nitrogens with zero attached hydrogens (tertiary/aromatic N) is 2. The quantitative estimate of drug-likeness (QED) is 0.318. The van der Waals surface area contributed by atoms with E-state index in [0.29, 0.717) is 5.75 Å². The summed E-state index contributed by atoms with van der Waals surface area (Å²) < 4.78 is 39.7. The number of carbonyl (C=O) groups is 2. The van der Waals surface area contributed by atoms with Gasteiger partial charge in [-0.25, -0.2) is 8.42 Å². The van der Waals surface area contributed by atoms with E-state index in [-0.39, 0.29) is 34.8 Å². The number of para-hydroxylation sites is 2. The molecular formula is C31H39N3O6S. The van der Waals surface area contributed by atoms with Crippen LogP contribution in [0.1, 0.15) is 38.3 Å². The first-order valence-electron chi connectivity index (χ1n) is 13.5. The molecule has 1 N–H and O–H groups in total. The number of methoxy groups -OCH3 is 2. The molecule has 0 aliphatic carbocycles. The fourth-order valence-electron chi connectivity index (χ4n) is 4.16. The number of nitrogens with one attached hydrogen (secondary N) is 1. The van der Waals surface area contributed by atoms with Crippen LogP contribution in [0.5, 0.6) is 11.5 Å². The van der Waals surface area contributed by atoms with Crippen LogP contribution < -0.4 is 19.1 Å². The normalized spacial score (nSPS) is 12.6. The van der Waals surface area contributed by atoms with E-state index < -0.39 is 28.5 Å². The molecule has 0 fully saturated rings. The lowest BCUT2D eigenvalue weighted by atomic mass is 10.1. The van der Waals surface area contributed by atoms with Gasteiger partial charge in [0.25, 0.3) is 10.0 Å². The molecule has 2 amide bonds. The molecule has 0 heterocycles. The third kappa shape index (κ3) is 7.79. The Morgan fingerprint density at radius 3 is 2.12 bits per heavy atom. The third-order valence-electron chi connectivity index (χ3n) is 6.92. The number of carbonyl (C=O) groups excluding carboxylic acids is 2. The van der Waals surface area contributed by atoms with Gasteiger partial charge in [0.1, 0.15) is 24.1 Å². The van der Waals surface area contributed by atoms with Crippen molar-refractivity contribution in [1.82, 2.24) is 10.2 Å². The lowest BCUT2D eigenvalue weighted by molar-refractivity contribution is -0.139. The SMILES string of the molecule is CC[C@H](C)NC(=O)[C@H](C)N(Cc1ccc(C)cc1)C(=O)CN(c1ccccc1OC)S(=O)(=O)c1ccc(OC)cc1. The van der Waals surface area contributed by atoms with Gasteiger partial charge in [0, 0.05) is 12.6 Å². The van der Waals surface area contributed by atoms with Crippen molar-refractivity contribution in [3.05, 3.63) is 83.9 Å². The van der Waals surface area contributed by atoms with Crippen LogP contribution in [0.3, 0.4) is 0 Å². The molecule has 0 unspecified atom stereocenters. The average molecular weight is 582 g/mol. The molecule has 3 aromatic carbocycles. The second-order valence-electron chi connectivity index (χ2n) is 9.86. The Kier molecular flexibility index (Phi) is 10.8. The minimum Gasteiger partial charge on any atom is -0.497 e. The van der Waals surface area contributed by atoms with Gasteiger partial charge in [0.05, 0.1) is 24.8 Å². The first kappa shape index (κ1) is 31.5. The summed E-state index contributed by atoms with van der Waals surface area (Å²) in [6.45, 7) is 7.03. The second-order valence-corrected chi connectivity index (χ2v) is 11.7. The predicted molar refractivity (Wildman–Crippen MR) is 160 cm³/mol. The fourth-order valence-corrected chi connectivity index (χ4v) is 5.59. The lowest BCUT2D eigenvalue weighted by Gasteiger charge is -2.32. The van der Waals surface area contributed by atoms with Crippen LogP contribution >= 0.6 is 0 Å². The van der Waals surface area contributed by atoms with Crippen molar-refractivity contribution >= 4 is 27.5 Å². The molecule has 10 heteroatoms. The van der Waals surface area contributed by atoms with E-state index >= 15 is 0 Å². The van der Waals surface area contributed by atoms with Crippen molar-refractivity contribution in [1.29, 1.82) is 0 Å². The molecule has 0 spiro atoms. The Balaban J connectivity index is 2.06. The highest BCUT2D eigenvalue weighted by Gasteiger charge is 2.34. The van der Waals surface area contributed by atoms with Crippen molar-refractivity contribution in [2.45, 2.75) is 57.6 Å². The molecule has 220 valence electrons. The van der Waals surface area contributed by atoms with Crippen LogP contribution in [-0.2, 0) is 26.2 Å². The highest BCUT2D eigenvalue weighted by molar-refractivity contribution is 7.92. The van der Waals surface area contributed by atoms with Crippen molar-refractivity contribution in [3.8, 4) is 11.5 Å². The Morgan fingerprint density at radius 1 is 0.902 bits per heavy atom. The van der Waals surface area contributed by atoms with Crippen molar-refractivity contribution in [3.63, 3.8) is 0 Å².